The van der Waals surface area contributed by atoms with Crippen molar-refractivity contribution in [2.24, 2.45) is 11.8 Å². The van der Waals surface area contributed by atoms with Gasteiger partial charge in [0.1, 0.15) is 5.83 Å². The van der Waals surface area contributed by atoms with Crippen LogP contribution in [-0.2, 0) is 11.3 Å². The highest BCUT2D eigenvalue weighted by molar-refractivity contribution is 5.89. The molecule has 112 valence electrons. The topological polar surface area (TPSA) is 38.3 Å². The molecule has 0 spiro atoms. The fourth-order valence-corrected chi connectivity index (χ4v) is 2.19. The fraction of sp³-hybridized carbons (Fsp3) is 0.353. The third kappa shape index (κ3) is 3.51. The number of carbonyl (C=O) groups excluding carboxylic acids is 1. The Morgan fingerprint density at radius 3 is 2.57 bits per heavy atom. The number of carbonyl (C=O) groups is 1. The first-order chi connectivity index (χ1) is 10.0. The Morgan fingerprint density at radius 2 is 1.95 bits per heavy atom. The number of allylic oxidation sites excluding steroid dienone is 3. The first-order valence-corrected chi connectivity index (χ1v) is 7.02. The summed E-state index contributed by atoms with van der Waals surface area (Å²) in [7, 11) is 1.35. The Kier molecular flexibility index (Phi) is 4.78. The lowest BCUT2D eigenvalue weighted by Crippen LogP contribution is -2.20. The third-order valence-corrected chi connectivity index (χ3v) is 3.87. The van der Waals surface area contributed by atoms with Crippen molar-refractivity contribution in [2.45, 2.75) is 20.4 Å². The van der Waals surface area contributed by atoms with E-state index in [1.54, 1.807) is 18.2 Å². The van der Waals surface area contributed by atoms with E-state index in [1.807, 2.05) is 32.1 Å². The summed E-state index contributed by atoms with van der Waals surface area (Å²) < 4.78 is 18.8. The molecule has 0 aliphatic heterocycles. The Balaban J connectivity index is 2.00. The zero-order chi connectivity index (χ0) is 15.4. The second-order valence-electron chi connectivity index (χ2n) is 5.31. The molecule has 21 heavy (non-hydrogen) atoms. The molecule has 1 N–H and O–H groups in total. The number of hydrogen-bond acceptors (Lipinski definition) is 3. The minimum Gasteiger partial charge on any atom is -0.465 e. The van der Waals surface area contributed by atoms with Crippen molar-refractivity contribution in [1.82, 2.24) is 5.32 Å². The zero-order valence-electron chi connectivity index (χ0n) is 12.5. The fourth-order valence-electron chi connectivity index (χ4n) is 2.19. The molecule has 1 aliphatic carbocycles. The van der Waals surface area contributed by atoms with Crippen LogP contribution in [0.15, 0.2) is 47.9 Å². The molecule has 0 bridgehead atoms. The highest BCUT2D eigenvalue weighted by Crippen LogP contribution is 2.29. The van der Waals surface area contributed by atoms with Crippen molar-refractivity contribution < 1.29 is 13.9 Å². The highest BCUT2D eigenvalue weighted by atomic mass is 19.1. The lowest BCUT2D eigenvalue weighted by atomic mass is 9.89. The van der Waals surface area contributed by atoms with Crippen LogP contribution in [0.2, 0.25) is 0 Å². The van der Waals surface area contributed by atoms with Gasteiger partial charge in [-0.1, -0.05) is 32.1 Å². The van der Waals surface area contributed by atoms with E-state index in [9.17, 15) is 9.18 Å². The molecule has 0 heterocycles. The maximum absolute atomic E-state index is 14.1. The molecule has 4 heteroatoms. The number of nitrogens with one attached hydrogen (secondary N) is 1. The lowest BCUT2D eigenvalue weighted by Gasteiger charge is -2.22. The second kappa shape index (κ2) is 6.57. The third-order valence-electron chi connectivity index (χ3n) is 3.87. The number of methoxy groups -OCH3 is 1. The maximum atomic E-state index is 14.1. The van der Waals surface area contributed by atoms with Gasteiger partial charge < -0.3 is 10.1 Å². The van der Waals surface area contributed by atoms with E-state index in [0.717, 1.165) is 5.56 Å². The highest BCUT2D eigenvalue weighted by Gasteiger charge is 2.21. The van der Waals surface area contributed by atoms with Crippen LogP contribution >= 0.6 is 0 Å². The standard InChI is InChI=1S/C17H20FNO2/c1-11-4-9-15(16(18)12(11)2)19-10-13-5-7-14(8-6-13)17(20)21-3/h4-9,11-12,19H,10H2,1-3H3. The van der Waals surface area contributed by atoms with Crippen LogP contribution in [0.5, 0.6) is 0 Å². The molecule has 1 aliphatic rings. The van der Waals surface area contributed by atoms with Gasteiger partial charge in [-0.3, -0.25) is 0 Å². The number of ether oxygens (including phenoxy) is 1. The predicted octanol–water partition coefficient (Wildman–Crippen LogP) is 3.59. The van der Waals surface area contributed by atoms with E-state index >= 15 is 0 Å². The van der Waals surface area contributed by atoms with Gasteiger partial charge >= 0.3 is 5.97 Å². The Bertz CT molecular complexity index is 575. The molecule has 2 atom stereocenters. The van der Waals surface area contributed by atoms with Gasteiger partial charge in [-0.2, -0.15) is 0 Å². The number of halogens is 1. The van der Waals surface area contributed by atoms with E-state index in [2.05, 4.69) is 10.1 Å². The molecule has 3 nitrogen and oxygen atoms in total. The molecule has 0 fully saturated rings. The van der Waals surface area contributed by atoms with Gasteiger partial charge in [-0.25, -0.2) is 9.18 Å². The minimum atomic E-state index is -0.360. The summed E-state index contributed by atoms with van der Waals surface area (Å²) in [5.41, 5.74) is 2.02. The van der Waals surface area contributed by atoms with Crippen molar-refractivity contribution in [1.29, 1.82) is 0 Å². The largest absolute Gasteiger partial charge is 0.465 e. The summed E-state index contributed by atoms with van der Waals surface area (Å²) in [6.45, 7) is 4.40. The summed E-state index contributed by atoms with van der Waals surface area (Å²) in [5.74, 6) is -0.341. The SMILES string of the molecule is COC(=O)c1ccc(CNC2=C(F)C(C)C(C)C=C2)cc1. The van der Waals surface area contributed by atoms with Crippen LogP contribution in [0, 0.1) is 11.8 Å². The normalized spacial score (nSPS) is 21.3. The molecule has 0 saturated heterocycles. The number of benzene rings is 1. The zero-order valence-corrected chi connectivity index (χ0v) is 12.5. The second-order valence-corrected chi connectivity index (χ2v) is 5.31. The lowest BCUT2D eigenvalue weighted by molar-refractivity contribution is 0.0600. The van der Waals surface area contributed by atoms with Crippen molar-refractivity contribution in [3.05, 3.63) is 59.1 Å². The van der Waals surface area contributed by atoms with E-state index in [-0.39, 0.29) is 23.6 Å². The molecule has 0 amide bonds. The quantitative estimate of drug-likeness (QED) is 0.861. The van der Waals surface area contributed by atoms with E-state index in [0.29, 0.717) is 17.8 Å². The predicted molar refractivity (Wildman–Crippen MR) is 80.2 cm³/mol. The van der Waals surface area contributed by atoms with Gasteiger partial charge in [-0.05, 0) is 29.7 Å². The minimum absolute atomic E-state index is 0.0980. The van der Waals surface area contributed by atoms with Crippen molar-refractivity contribution in [3.8, 4) is 0 Å². The first kappa shape index (κ1) is 15.3. The number of rotatable bonds is 4. The summed E-state index contributed by atoms with van der Waals surface area (Å²) in [6.07, 6.45) is 3.80. The Morgan fingerprint density at radius 1 is 1.29 bits per heavy atom. The molecule has 0 aromatic heterocycles. The van der Waals surface area contributed by atoms with Crippen LogP contribution in [0.4, 0.5) is 4.39 Å². The molecule has 2 unspecified atom stereocenters. The Labute approximate surface area is 124 Å². The van der Waals surface area contributed by atoms with Crippen LogP contribution in [0.3, 0.4) is 0 Å². The summed E-state index contributed by atoms with van der Waals surface area (Å²) >= 11 is 0. The van der Waals surface area contributed by atoms with Gasteiger partial charge in [0, 0.05) is 12.5 Å². The van der Waals surface area contributed by atoms with Gasteiger partial charge in [-0.15, -0.1) is 0 Å². The smallest absolute Gasteiger partial charge is 0.337 e. The monoisotopic (exact) mass is 289 g/mol. The van der Waals surface area contributed by atoms with E-state index in [1.165, 1.54) is 7.11 Å². The van der Waals surface area contributed by atoms with Crippen LogP contribution in [-0.4, -0.2) is 13.1 Å². The van der Waals surface area contributed by atoms with Crippen molar-refractivity contribution in [2.75, 3.05) is 7.11 Å². The van der Waals surface area contributed by atoms with E-state index < -0.39 is 0 Å². The average molecular weight is 289 g/mol. The number of hydrogen-bond donors (Lipinski definition) is 1. The van der Waals surface area contributed by atoms with Gasteiger partial charge in [0.05, 0.1) is 18.4 Å². The van der Waals surface area contributed by atoms with Gasteiger partial charge in [0.2, 0.25) is 0 Å². The molecule has 1 aromatic rings. The van der Waals surface area contributed by atoms with E-state index in [4.69, 9.17) is 0 Å². The van der Waals surface area contributed by atoms with Gasteiger partial charge in [0.15, 0.2) is 0 Å². The Hall–Kier alpha value is -2.10. The van der Waals surface area contributed by atoms with Gasteiger partial charge in [0.25, 0.3) is 0 Å². The summed E-state index contributed by atoms with van der Waals surface area (Å²) in [6, 6.07) is 7.07. The first-order valence-electron chi connectivity index (χ1n) is 7.02. The van der Waals surface area contributed by atoms with Crippen LogP contribution in [0.25, 0.3) is 0 Å². The average Bonchev–Trinajstić information content (AvgIpc) is 2.52. The molecule has 0 radical (unpaired) electrons. The summed E-state index contributed by atoms with van der Waals surface area (Å²) in [4.78, 5) is 11.3. The van der Waals surface area contributed by atoms with Crippen molar-refractivity contribution >= 4 is 5.97 Å². The van der Waals surface area contributed by atoms with Crippen molar-refractivity contribution in [3.63, 3.8) is 0 Å². The van der Waals surface area contributed by atoms with Crippen LogP contribution in [0.1, 0.15) is 29.8 Å². The maximum Gasteiger partial charge on any atom is 0.337 e. The number of esters is 1. The van der Waals surface area contributed by atoms with Crippen LogP contribution < -0.4 is 5.32 Å². The molecular formula is C17H20FNO2. The molecule has 1 aromatic carbocycles. The molecule has 2 rings (SSSR count). The molecular weight excluding hydrogens is 269 g/mol. The molecule has 0 saturated carbocycles. The summed E-state index contributed by atoms with van der Waals surface area (Å²) in [5, 5.41) is 3.10.